The molecule has 136 valence electrons. The van der Waals surface area contributed by atoms with Crippen LogP contribution in [0.1, 0.15) is 64.7 Å². The summed E-state index contributed by atoms with van der Waals surface area (Å²) in [4.78, 5) is 12.1. The molecule has 0 aromatic heterocycles. The predicted octanol–water partition coefficient (Wildman–Crippen LogP) is 3.06. The minimum atomic E-state index is -0.930. The van der Waals surface area contributed by atoms with Crippen LogP contribution in [0, 0.1) is 39.9 Å². The molecule has 4 heteroatoms. The molecular formula is C20H32O4. The van der Waals surface area contributed by atoms with E-state index in [1.807, 2.05) is 0 Å². The Hall–Kier alpha value is -0.610. The smallest absolute Gasteiger partial charge is 0.312 e. The number of carboxylic acids is 1. The number of aliphatic hydroxyl groups excluding tert-OH is 2. The average molecular weight is 336 g/mol. The van der Waals surface area contributed by atoms with Crippen molar-refractivity contribution < 1.29 is 20.1 Å². The molecule has 0 saturated heterocycles. The quantitative estimate of drug-likeness (QED) is 0.740. The van der Waals surface area contributed by atoms with E-state index in [4.69, 9.17) is 0 Å². The molecule has 4 aliphatic carbocycles. The Kier molecular flexibility index (Phi) is 3.82. The van der Waals surface area contributed by atoms with Gasteiger partial charge in [0.2, 0.25) is 0 Å². The van der Waals surface area contributed by atoms with Gasteiger partial charge in [0.05, 0.1) is 12.0 Å². The molecule has 24 heavy (non-hydrogen) atoms. The van der Waals surface area contributed by atoms with Gasteiger partial charge in [0, 0.05) is 6.61 Å². The van der Waals surface area contributed by atoms with Crippen molar-refractivity contribution in [1.29, 1.82) is 0 Å². The van der Waals surface area contributed by atoms with Gasteiger partial charge in [-0.05, 0) is 85.9 Å². The summed E-state index contributed by atoms with van der Waals surface area (Å²) in [6, 6.07) is 0. The highest BCUT2D eigenvalue weighted by molar-refractivity contribution is 5.75. The highest BCUT2D eigenvalue weighted by Gasteiger charge is 2.66. The molecule has 3 N–H and O–H groups in total. The molecule has 1 spiro atoms. The van der Waals surface area contributed by atoms with Crippen LogP contribution in [0.4, 0.5) is 0 Å². The van der Waals surface area contributed by atoms with Crippen molar-refractivity contribution in [3.63, 3.8) is 0 Å². The van der Waals surface area contributed by atoms with E-state index in [9.17, 15) is 20.1 Å². The van der Waals surface area contributed by atoms with Gasteiger partial charge in [0.15, 0.2) is 0 Å². The molecule has 0 aromatic carbocycles. The van der Waals surface area contributed by atoms with E-state index in [0.717, 1.165) is 32.1 Å². The van der Waals surface area contributed by atoms with Gasteiger partial charge in [-0.3, -0.25) is 4.79 Å². The lowest BCUT2D eigenvalue weighted by molar-refractivity contribution is -0.191. The van der Waals surface area contributed by atoms with Gasteiger partial charge in [0.25, 0.3) is 0 Å². The van der Waals surface area contributed by atoms with E-state index >= 15 is 0 Å². The number of hydrogen-bond acceptors (Lipinski definition) is 3. The maximum absolute atomic E-state index is 12.1. The summed E-state index contributed by atoms with van der Waals surface area (Å²) >= 11 is 0. The molecule has 4 saturated carbocycles. The van der Waals surface area contributed by atoms with Crippen LogP contribution >= 0.6 is 0 Å². The normalized spacial score (nSPS) is 53.3. The van der Waals surface area contributed by atoms with Crippen LogP contribution in [-0.4, -0.2) is 34.5 Å². The van der Waals surface area contributed by atoms with E-state index < -0.39 is 11.4 Å². The van der Waals surface area contributed by atoms with Gasteiger partial charge in [-0.1, -0.05) is 13.3 Å². The summed E-state index contributed by atoms with van der Waals surface area (Å²) in [5.74, 6) is 1.02. The Bertz CT molecular complexity index is 534. The van der Waals surface area contributed by atoms with Gasteiger partial charge in [-0.15, -0.1) is 0 Å². The SMILES string of the molecule is C[C@@]12CCC[C@@](CO)(C(=O)O)C1CCC13C[C@@H](CO)[C@@H](CCC12)C3. The molecule has 7 atom stereocenters. The third-order valence-corrected chi connectivity index (χ3v) is 9.04. The minimum Gasteiger partial charge on any atom is -0.481 e. The fourth-order valence-electron chi connectivity index (χ4n) is 8.12. The zero-order valence-electron chi connectivity index (χ0n) is 14.8. The van der Waals surface area contributed by atoms with Gasteiger partial charge < -0.3 is 15.3 Å². The van der Waals surface area contributed by atoms with Crippen molar-refractivity contribution >= 4 is 5.97 Å². The first kappa shape index (κ1) is 16.8. The molecular weight excluding hydrogens is 304 g/mol. The Morgan fingerprint density at radius 1 is 1.04 bits per heavy atom. The Labute approximate surface area is 144 Å². The summed E-state index contributed by atoms with van der Waals surface area (Å²) in [7, 11) is 0. The van der Waals surface area contributed by atoms with Crippen LogP contribution in [0.3, 0.4) is 0 Å². The first-order chi connectivity index (χ1) is 11.4. The van der Waals surface area contributed by atoms with Crippen LogP contribution in [-0.2, 0) is 4.79 Å². The second kappa shape index (κ2) is 5.44. The molecule has 4 nitrogen and oxygen atoms in total. The second-order valence-electron chi connectivity index (χ2n) is 9.67. The first-order valence-corrected chi connectivity index (χ1v) is 9.87. The number of aliphatic carboxylic acids is 1. The summed E-state index contributed by atoms with van der Waals surface area (Å²) in [5.41, 5.74) is -0.564. The van der Waals surface area contributed by atoms with Crippen molar-refractivity contribution in [1.82, 2.24) is 0 Å². The topological polar surface area (TPSA) is 77.8 Å². The summed E-state index contributed by atoms with van der Waals surface area (Å²) in [6.07, 6.45) is 9.44. The molecule has 0 aliphatic heterocycles. The Morgan fingerprint density at radius 2 is 1.83 bits per heavy atom. The highest BCUT2D eigenvalue weighted by atomic mass is 16.4. The molecule has 4 aliphatic rings. The van der Waals surface area contributed by atoms with E-state index in [-0.39, 0.29) is 17.9 Å². The lowest BCUT2D eigenvalue weighted by atomic mass is 9.41. The molecule has 0 aromatic rings. The molecule has 0 amide bonds. The predicted molar refractivity (Wildman–Crippen MR) is 90.3 cm³/mol. The fraction of sp³-hybridized carbons (Fsp3) is 0.950. The monoisotopic (exact) mass is 336 g/mol. The third-order valence-electron chi connectivity index (χ3n) is 9.04. The van der Waals surface area contributed by atoms with Gasteiger partial charge >= 0.3 is 5.97 Å². The van der Waals surface area contributed by atoms with Gasteiger partial charge in [-0.2, -0.15) is 0 Å². The number of hydrogen-bond donors (Lipinski definition) is 3. The van der Waals surface area contributed by atoms with Crippen molar-refractivity contribution in [2.45, 2.75) is 64.7 Å². The molecule has 2 bridgehead atoms. The molecule has 3 unspecified atom stereocenters. The van der Waals surface area contributed by atoms with Crippen molar-refractivity contribution in [3.05, 3.63) is 0 Å². The fourth-order valence-corrected chi connectivity index (χ4v) is 8.12. The first-order valence-electron chi connectivity index (χ1n) is 9.87. The molecule has 4 fully saturated rings. The lowest BCUT2D eigenvalue weighted by Crippen LogP contribution is -2.60. The number of rotatable bonds is 3. The average Bonchev–Trinajstić information content (AvgIpc) is 2.83. The standard InChI is InChI=1S/C20H32O4/c1-18-6-2-7-20(12-22,17(23)24)16(18)5-8-19-9-13(3-4-15(18)19)14(10-19)11-21/h13-16,21-22H,2-12H2,1H3,(H,23,24)/t13-,14-,15?,16?,18-,19?,20-/m0/s1. The maximum atomic E-state index is 12.1. The summed E-state index contributed by atoms with van der Waals surface area (Å²) in [5, 5.41) is 29.8. The van der Waals surface area contributed by atoms with Crippen molar-refractivity contribution in [2.24, 2.45) is 39.9 Å². The number of carbonyl (C=O) groups is 1. The van der Waals surface area contributed by atoms with Gasteiger partial charge in [-0.25, -0.2) is 0 Å². The largest absolute Gasteiger partial charge is 0.481 e. The van der Waals surface area contributed by atoms with E-state index in [0.29, 0.717) is 36.2 Å². The van der Waals surface area contributed by atoms with Crippen LogP contribution in [0.25, 0.3) is 0 Å². The number of carboxylic acid groups (broad SMARTS) is 1. The second-order valence-corrected chi connectivity index (χ2v) is 9.67. The van der Waals surface area contributed by atoms with Crippen molar-refractivity contribution in [3.8, 4) is 0 Å². The van der Waals surface area contributed by atoms with Crippen LogP contribution in [0.5, 0.6) is 0 Å². The Balaban J connectivity index is 1.72. The summed E-state index contributed by atoms with van der Waals surface area (Å²) in [6.45, 7) is 2.43. The molecule has 0 heterocycles. The zero-order chi connectivity index (χ0) is 17.2. The molecule has 0 radical (unpaired) electrons. The van der Waals surface area contributed by atoms with Crippen LogP contribution in [0.15, 0.2) is 0 Å². The Morgan fingerprint density at radius 3 is 2.50 bits per heavy atom. The lowest BCUT2D eigenvalue weighted by Gasteiger charge is -2.63. The van der Waals surface area contributed by atoms with Crippen LogP contribution < -0.4 is 0 Å². The molecule has 4 rings (SSSR count). The number of fused-ring (bicyclic) bond motifs is 3. The van der Waals surface area contributed by atoms with E-state index in [1.165, 1.54) is 19.3 Å². The zero-order valence-corrected chi connectivity index (χ0v) is 14.8. The number of aliphatic hydroxyl groups is 2. The van der Waals surface area contributed by atoms with Crippen LogP contribution in [0.2, 0.25) is 0 Å². The van der Waals surface area contributed by atoms with E-state index in [2.05, 4.69) is 6.92 Å². The maximum Gasteiger partial charge on any atom is 0.312 e. The van der Waals surface area contributed by atoms with Crippen molar-refractivity contribution in [2.75, 3.05) is 13.2 Å². The van der Waals surface area contributed by atoms with Gasteiger partial charge in [0.1, 0.15) is 0 Å². The highest BCUT2D eigenvalue weighted by Crippen LogP contribution is 2.72. The minimum absolute atomic E-state index is 0.0347. The van der Waals surface area contributed by atoms with E-state index in [1.54, 1.807) is 0 Å². The summed E-state index contributed by atoms with van der Waals surface area (Å²) < 4.78 is 0. The third kappa shape index (κ3) is 1.96.